The second-order valence-electron chi connectivity index (χ2n) is 5.08. The molecule has 2 aromatic carbocycles. The van der Waals surface area contributed by atoms with Crippen molar-refractivity contribution in [3.63, 3.8) is 0 Å². The summed E-state index contributed by atoms with van der Waals surface area (Å²) in [5.41, 5.74) is 1.70. The third kappa shape index (κ3) is 4.01. The van der Waals surface area contributed by atoms with Crippen molar-refractivity contribution in [3.05, 3.63) is 76.0 Å². The van der Waals surface area contributed by atoms with Gasteiger partial charge in [-0.2, -0.15) is 0 Å². The van der Waals surface area contributed by atoms with E-state index in [2.05, 4.69) is 10.3 Å². The molecule has 0 aliphatic heterocycles. The lowest BCUT2D eigenvalue weighted by molar-refractivity contribution is 0.102. The molecule has 0 fully saturated rings. The van der Waals surface area contributed by atoms with Gasteiger partial charge in [-0.3, -0.25) is 4.79 Å². The molecule has 0 unspecified atom stereocenters. The highest BCUT2D eigenvalue weighted by Crippen LogP contribution is 2.27. The molecule has 1 amide bonds. The topological polar surface area (TPSA) is 42.0 Å². The normalized spacial score (nSPS) is 10.6. The van der Waals surface area contributed by atoms with Crippen LogP contribution in [0.25, 0.3) is 0 Å². The molecule has 6 heteroatoms. The summed E-state index contributed by atoms with van der Waals surface area (Å²) in [4.78, 5) is 17.8. The quantitative estimate of drug-likeness (QED) is 0.643. The van der Waals surface area contributed by atoms with Crippen molar-refractivity contribution in [3.8, 4) is 0 Å². The van der Waals surface area contributed by atoms with Gasteiger partial charge in [-0.15, -0.1) is 23.1 Å². The van der Waals surface area contributed by atoms with Gasteiger partial charge in [0.1, 0.15) is 5.82 Å². The largest absolute Gasteiger partial charge is 0.319 e. The molecular formula is C18H15FN2OS2. The zero-order valence-electron chi connectivity index (χ0n) is 13.0. The van der Waals surface area contributed by atoms with Crippen LogP contribution in [0.4, 0.5) is 10.1 Å². The van der Waals surface area contributed by atoms with Gasteiger partial charge in [-0.25, -0.2) is 9.37 Å². The average Bonchev–Trinajstić information content (AvgIpc) is 3.01. The number of rotatable bonds is 5. The van der Waals surface area contributed by atoms with Crippen molar-refractivity contribution in [2.24, 2.45) is 0 Å². The number of benzene rings is 2. The maximum Gasteiger partial charge on any atom is 0.256 e. The standard InChI is InChI=1S/C18H15FN2OS2/c1-12-20-13(10-23-12)11-24-17-9-5-2-6-14(17)18(22)21-16-8-4-3-7-15(16)19/h2-10H,11H2,1H3,(H,21,22). The number of aryl methyl sites for hydroxylation is 1. The predicted molar refractivity (Wildman–Crippen MR) is 97.2 cm³/mol. The van der Waals surface area contributed by atoms with Crippen LogP contribution in [0.5, 0.6) is 0 Å². The van der Waals surface area contributed by atoms with Gasteiger partial charge in [0.05, 0.1) is 22.0 Å². The van der Waals surface area contributed by atoms with Gasteiger partial charge in [-0.05, 0) is 31.2 Å². The highest BCUT2D eigenvalue weighted by atomic mass is 32.2. The van der Waals surface area contributed by atoms with E-state index >= 15 is 0 Å². The number of para-hydroxylation sites is 1. The minimum atomic E-state index is -0.450. The van der Waals surface area contributed by atoms with Crippen LogP contribution in [0.1, 0.15) is 21.1 Å². The third-order valence-corrected chi connectivity index (χ3v) is 5.23. The summed E-state index contributed by atoms with van der Waals surface area (Å²) in [5, 5.41) is 5.67. The third-order valence-electron chi connectivity index (χ3n) is 3.30. The van der Waals surface area contributed by atoms with E-state index in [9.17, 15) is 9.18 Å². The molecule has 0 bridgehead atoms. The fourth-order valence-electron chi connectivity index (χ4n) is 2.16. The van der Waals surface area contributed by atoms with Crippen molar-refractivity contribution in [2.75, 3.05) is 5.32 Å². The number of thioether (sulfide) groups is 1. The van der Waals surface area contributed by atoms with Crippen molar-refractivity contribution in [1.82, 2.24) is 4.98 Å². The van der Waals surface area contributed by atoms with E-state index in [1.807, 2.05) is 24.4 Å². The fourth-order valence-corrected chi connectivity index (χ4v) is 3.82. The summed E-state index contributed by atoms with van der Waals surface area (Å²) in [6, 6.07) is 13.4. The summed E-state index contributed by atoms with van der Waals surface area (Å²) < 4.78 is 13.7. The van der Waals surface area contributed by atoms with Crippen LogP contribution in [0.15, 0.2) is 58.8 Å². The van der Waals surface area contributed by atoms with Gasteiger partial charge < -0.3 is 5.32 Å². The first-order valence-electron chi connectivity index (χ1n) is 7.32. The van der Waals surface area contributed by atoms with E-state index in [1.54, 1.807) is 53.4 Å². The predicted octanol–water partition coefficient (Wildman–Crippen LogP) is 5.14. The lowest BCUT2D eigenvalue weighted by Crippen LogP contribution is -2.14. The molecule has 0 spiro atoms. The van der Waals surface area contributed by atoms with Crippen LogP contribution >= 0.6 is 23.1 Å². The molecule has 24 heavy (non-hydrogen) atoms. The van der Waals surface area contributed by atoms with Gasteiger partial charge >= 0.3 is 0 Å². The number of hydrogen-bond acceptors (Lipinski definition) is 4. The first-order valence-corrected chi connectivity index (χ1v) is 9.19. The first kappa shape index (κ1) is 16.7. The van der Waals surface area contributed by atoms with Crippen LogP contribution in [0.2, 0.25) is 0 Å². The minimum absolute atomic E-state index is 0.178. The second kappa shape index (κ2) is 7.59. The van der Waals surface area contributed by atoms with Gasteiger partial charge in [0.2, 0.25) is 0 Å². The minimum Gasteiger partial charge on any atom is -0.319 e. The van der Waals surface area contributed by atoms with Crippen LogP contribution in [-0.2, 0) is 5.75 Å². The van der Waals surface area contributed by atoms with Crippen LogP contribution in [0, 0.1) is 12.7 Å². The number of nitrogens with one attached hydrogen (secondary N) is 1. The van der Waals surface area contributed by atoms with E-state index < -0.39 is 5.82 Å². The Morgan fingerprint density at radius 2 is 1.96 bits per heavy atom. The van der Waals surface area contributed by atoms with E-state index in [1.165, 1.54) is 6.07 Å². The molecule has 0 saturated heterocycles. The van der Waals surface area contributed by atoms with Gasteiger partial charge in [0, 0.05) is 16.0 Å². The zero-order valence-corrected chi connectivity index (χ0v) is 14.6. The molecule has 0 aliphatic rings. The molecule has 0 saturated carbocycles. The van der Waals surface area contributed by atoms with E-state index in [-0.39, 0.29) is 11.6 Å². The zero-order chi connectivity index (χ0) is 16.9. The molecule has 3 aromatic rings. The SMILES string of the molecule is Cc1nc(CSc2ccccc2C(=O)Nc2ccccc2F)cs1. The Hall–Kier alpha value is -2.18. The smallest absolute Gasteiger partial charge is 0.256 e. The Morgan fingerprint density at radius 1 is 1.21 bits per heavy atom. The Morgan fingerprint density at radius 3 is 2.71 bits per heavy atom. The molecule has 0 atom stereocenters. The number of hydrogen-bond donors (Lipinski definition) is 1. The van der Waals surface area contributed by atoms with Crippen LogP contribution < -0.4 is 5.32 Å². The Kier molecular flexibility index (Phi) is 5.27. The lowest BCUT2D eigenvalue weighted by atomic mass is 10.2. The molecule has 122 valence electrons. The lowest BCUT2D eigenvalue weighted by Gasteiger charge is -2.10. The van der Waals surface area contributed by atoms with E-state index in [0.29, 0.717) is 11.3 Å². The number of thiazole rings is 1. The summed E-state index contributed by atoms with van der Waals surface area (Å²) in [5.74, 6) is -0.0829. The molecule has 1 N–H and O–H groups in total. The number of halogens is 1. The number of anilines is 1. The number of nitrogens with zero attached hydrogens (tertiary/aromatic N) is 1. The highest BCUT2D eigenvalue weighted by molar-refractivity contribution is 7.98. The molecule has 3 rings (SSSR count). The summed E-state index contributed by atoms with van der Waals surface area (Å²) in [6.45, 7) is 1.97. The van der Waals surface area contributed by atoms with Crippen molar-refractivity contribution < 1.29 is 9.18 Å². The van der Waals surface area contributed by atoms with Crippen molar-refractivity contribution >= 4 is 34.7 Å². The number of carbonyl (C=O) groups is 1. The second-order valence-corrected chi connectivity index (χ2v) is 7.16. The molecule has 1 aromatic heterocycles. The molecule has 1 heterocycles. The van der Waals surface area contributed by atoms with Gasteiger partial charge in [0.25, 0.3) is 5.91 Å². The molecular weight excluding hydrogens is 343 g/mol. The molecule has 0 aliphatic carbocycles. The maximum atomic E-state index is 13.7. The highest BCUT2D eigenvalue weighted by Gasteiger charge is 2.13. The summed E-state index contributed by atoms with van der Waals surface area (Å²) in [6.07, 6.45) is 0. The van der Waals surface area contributed by atoms with Crippen LogP contribution in [-0.4, -0.2) is 10.9 Å². The first-order chi connectivity index (χ1) is 11.6. The number of carbonyl (C=O) groups excluding carboxylic acids is 1. The van der Waals surface area contributed by atoms with Gasteiger partial charge in [0.15, 0.2) is 0 Å². The molecule has 3 nitrogen and oxygen atoms in total. The van der Waals surface area contributed by atoms with E-state index in [0.717, 1.165) is 15.6 Å². The van der Waals surface area contributed by atoms with Gasteiger partial charge in [-0.1, -0.05) is 24.3 Å². The van der Waals surface area contributed by atoms with Crippen molar-refractivity contribution in [1.29, 1.82) is 0 Å². The monoisotopic (exact) mass is 358 g/mol. The average molecular weight is 358 g/mol. The Balaban J connectivity index is 1.75. The summed E-state index contributed by atoms with van der Waals surface area (Å²) >= 11 is 3.15. The summed E-state index contributed by atoms with van der Waals surface area (Å²) in [7, 11) is 0. The Bertz CT molecular complexity index is 863. The molecule has 0 radical (unpaired) electrons. The Labute approximate surface area is 148 Å². The van der Waals surface area contributed by atoms with Crippen LogP contribution in [0.3, 0.4) is 0 Å². The van der Waals surface area contributed by atoms with Crippen molar-refractivity contribution in [2.45, 2.75) is 17.6 Å². The maximum absolute atomic E-state index is 13.7. The number of aromatic nitrogens is 1. The fraction of sp³-hybridized carbons (Fsp3) is 0.111. The van der Waals surface area contributed by atoms with E-state index in [4.69, 9.17) is 0 Å². The number of amides is 1.